The van der Waals surface area contributed by atoms with Crippen LogP contribution in [0.15, 0.2) is 71.9 Å². The number of fused-ring (bicyclic) bond motifs is 1. The first-order valence-corrected chi connectivity index (χ1v) is 12.3. The number of ether oxygens (including phenoxy) is 3. The highest BCUT2D eigenvalue weighted by molar-refractivity contribution is 8.00. The van der Waals surface area contributed by atoms with E-state index in [1.807, 2.05) is 50.2 Å². The molecule has 1 fully saturated rings. The van der Waals surface area contributed by atoms with Crippen LogP contribution < -0.4 is 10.1 Å². The molecule has 9 heteroatoms. The van der Waals surface area contributed by atoms with Crippen molar-refractivity contribution in [1.82, 2.24) is 10.2 Å². The Kier molecular flexibility index (Phi) is 7.77. The zero-order valence-electron chi connectivity index (χ0n) is 19.8. The van der Waals surface area contributed by atoms with Crippen LogP contribution in [0.5, 0.6) is 5.75 Å². The molecule has 3 atom stereocenters. The Hall–Kier alpha value is -3.30. The molecule has 2 aromatic rings. The predicted molar refractivity (Wildman–Crippen MR) is 131 cm³/mol. The summed E-state index contributed by atoms with van der Waals surface area (Å²) in [7, 11) is 0. The molecule has 8 nitrogen and oxygen atoms in total. The fourth-order valence-corrected chi connectivity index (χ4v) is 5.35. The van der Waals surface area contributed by atoms with Gasteiger partial charge in [-0.15, -0.1) is 0 Å². The van der Waals surface area contributed by atoms with E-state index in [1.165, 1.54) is 16.7 Å². The summed E-state index contributed by atoms with van der Waals surface area (Å²) in [4.78, 5) is 40.0. The SMILES string of the molecule is CC1=C(C(=O)OCc2ccccc2)N2C(=O)[C@H](NC(=O)COc3ccccc3)[C@@H]2S[C@@H]1OC(C)C. The molecule has 0 unspecified atom stereocenters. The van der Waals surface area contributed by atoms with Crippen molar-refractivity contribution in [3.63, 3.8) is 0 Å². The molecule has 2 aliphatic heterocycles. The molecule has 0 aromatic heterocycles. The molecule has 4 rings (SSSR count). The van der Waals surface area contributed by atoms with Gasteiger partial charge in [-0.1, -0.05) is 60.3 Å². The highest BCUT2D eigenvalue weighted by atomic mass is 32.2. The fourth-order valence-electron chi connectivity index (χ4n) is 3.82. The Morgan fingerprint density at radius 1 is 1.06 bits per heavy atom. The minimum absolute atomic E-state index is 0.0863. The highest BCUT2D eigenvalue weighted by Crippen LogP contribution is 2.45. The number of para-hydroxylation sites is 1. The van der Waals surface area contributed by atoms with Crippen molar-refractivity contribution in [2.24, 2.45) is 0 Å². The molecular weight excluding hydrogens is 468 g/mol. The second-order valence-corrected chi connectivity index (χ2v) is 9.68. The average Bonchev–Trinajstić information content (AvgIpc) is 2.86. The Morgan fingerprint density at radius 3 is 2.37 bits per heavy atom. The van der Waals surface area contributed by atoms with Gasteiger partial charge in [-0.3, -0.25) is 14.5 Å². The van der Waals surface area contributed by atoms with Crippen molar-refractivity contribution in [2.45, 2.75) is 50.3 Å². The Labute approximate surface area is 208 Å². The van der Waals surface area contributed by atoms with Gasteiger partial charge in [0, 0.05) is 0 Å². The zero-order chi connectivity index (χ0) is 24.9. The van der Waals surface area contributed by atoms with E-state index in [2.05, 4.69) is 5.32 Å². The van der Waals surface area contributed by atoms with Gasteiger partial charge in [0.25, 0.3) is 11.8 Å². The lowest BCUT2D eigenvalue weighted by atomic mass is 10.0. The molecule has 1 N–H and O–H groups in total. The van der Waals surface area contributed by atoms with Crippen LogP contribution in [0.4, 0.5) is 0 Å². The van der Waals surface area contributed by atoms with Gasteiger partial charge in [0.1, 0.15) is 34.9 Å². The molecule has 1 saturated heterocycles. The van der Waals surface area contributed by atoms with Gasteiger partial charge < -0.3 is 19.5 Å². The normalized spacial score (nSPS) is 21.3. The van der Waals surface area contributed by atoms with E-state index in [4.69, 9.17) is 14.2 Å². The number of carbonyl (C=O) groups is 3. The molecule has 184 valence electrons. The van der Waals surface area contributed by atoms with Crippen LogP contribution in [0.3, 0.4) is 0 Å². The Balaban J connectivity index is 1.46. The van der Waals surface area contributed by atoms with E-state index >= 15 is 0 Å². The molecular formula is C26H28N2O6S. The lowest BCUT2D eigenvalue weighted by Crippen LogP contribution is -2.71. The average molecular weight is 497 g/mol. The number of esters is 1. The van der Waals surface area contributed by atoms with Gasteiger partial charge in [0.15, 0.2) is 6.61 Å². The Morgan fingerprint density at radius 2 is 1.71 bits per heavy atom. The smallest absolute Gasteiger partial charge is 0.355 e. The van der Waals surface area contributed by atoms with Crippen LogP contribution in [0.2, 0.25) is 0 Å². The number of hydrogen-bond donors (Lipinski definition) is 1. The number of nitrogens with zero attached hydrogens (tertiary/aromatic N) is 1. The van der Waals surface area contributed by atoms with Crippen LogP contribution in [-0.2, 0) is 30.5 Å². The number of β-lactam (4-membered cyclic amide) rings is 1. The molecule has 2 aromatic carbocycles. The quantitative estimate of drug-likeness (QED) is 0.421. The van der Waals surface area contributed by atoms with E-state index in [-0.39, 0.29) is 30.9 Å². The van der Waals surface area contributed by atoms with Crippen molar-refractivity contribution in [3.8, 4) is 5.75 Å². The molecule has 35 heavy (non-hydrogen) atoms. The predicted octanol–water partition coefficient (Wildman–Crippen LogP) is 3.23. The molecule has 0 radical (unpaired) electrons. The number of carbonyl (C=O) groups excluding carboxylic acids is 3. The molecule has 0 aliphatic carbocycles. The van der Waals surface area contributed by atoms with Crippen LogP contribution in [0.1, 0.15) is 26.3 Å². The second-order valence-electron chi connectivity index (χ2n) is 8.49. The van der Waals surface area contributed by atoms with Crippen LogP contribution in [0.25, 0.3) is 0 Å². The summed E-state index contributed by atoms with van der Waals surface area (Å²) in [5.74, 6) is -0.832. The molecule has 2 aliphatic rings. The molecule has 2 amide bonds. The highest BCUT2D eigenvalue weighted by Gasteiger charge is 2.56. The van der Waals surface area contributed by atoms with Crippen molar-refractivity contribution in [2.75, 3.05) is 6.61 Å². The summed E-state index contributed by atoms with van der Waals surface area (Å²) < 4.78 is 17.0. The number of benzene rings is 2. The van der Waals surface area contributed by atoms with Gasteiger partial charge in [-0.25, -0.2) is 4.79 Å². The van der Waals surface area contributed by atoms with Crippen LogP contribution >= 0.6 is 11.8 Å². The van der Waals surface area contributed by atoms with Crippen LogP contribution in [0, 0.1) is 0 Å². The van der Waals surface area contributed by atoms with E-state index in [9.17, 15) is 14.4 Å². The number of rotatable bonds is 9. The zero-order valence-corrected chi connectivity index (χ0v) is 20.6. The van der Waals surface area contributed by atoms with Crippen LogP contribution in [-0.4, -0.2) is 52.2 Å². The molecule has 0 spiro atoms. The fraction of sp³-hybridized carbons (Fsp3) is 0.346. The summed E-state index contributed by atoms with van der Waals surface area (Å²) in [6.07, 6.45) is -0.0984. The minimum atomic E-state index is -0.796. The number of amides is 2. The third kappa shape index (κ3) is 5.68. The monoisotopic (exact) mass is 496 g/mol. The summed E-state index contributed by atoms with van der Waals surface area (Å²) in [6.45, 7) is 5.43. The standard InChI is InChI=1S/C26H28N2O6S/c1-16(2)34-26-17(3)22(25(31)33-14-18-10-6-4-7-11-18)28-23(30)21(24(28)35-26)27-20(29)15-32-19-12-8-5-9-13-19/h4-13,16,21,24,26H,14-15H2,1-3H3,(H,27,29)/t21-,24-,26-/m0/s1. The third-order valence-corrected chi connectivity index (χ3v) is 6.98. The number of thioether (sulfide) groups is 1. The van der Waals surface area contributed by atoms with Gasteiger partial charge in [-0.2, -0.15) is 0 Å². The van der Waals surface area contributed by atoms with E-state index < -0.39 is 28.7 Å². The minimum Gasteiger partial charge on any atom is -0.484 e. The van der Waals surface area contributed by atoms with Crippen molar-refractivity contribution < 1.29 is 28.6 Å². The Bertz CT molecular complexity index is 1110. The summed E-state index contributed by atoms with van der Waals surface area (Å²) in [6, 6.07) is 17.5. The number of nitrogens with one attached hydrogen (secondary N) is 1. The molecule has 2 heterocycles. The maximum absolute atomic E-state index is 13.1. The molecule has 0 bridgehead atoms. The lowest BCUT2D eigenvalue weighted by Gasteiger charge is -2.51. The van der Waals surface area contributed by atoms with Gasteiger partial charge in [0.2, 0.25) is 0 Å². The lowest BCUT2D eigenvalue weighted by molar-refractivity contribution is -0.154. The number of hydrogen-bond acceptors (Lipinski definition) is 7. The van der Waals surface area contributed by atoms with Crippen molar-refractivity contribution in [3.05, 3.63) is 77.5 Å². The largest absolute Gasteiger partial charge is 0.484 e. The first-order chi connectivity index (χ1) is 16.8. The van der Waals surface area contributed by atoms with E-state index in [0.29, 0.717) is 11.3 Å². The summed E-state index contributed by atoms with van der Waals surface area (Å²) in [5.41, 5.74) is 1.17. The van der Waals surface area contributed by atoms with Gasteiger partial charge in [-0.05, 0) is 44.0 Å². The maximum Gasteiger partial charge on any atom is 0.355 e. The first-order valence-electron chi connectivity index (χ1n) is 11.4. The third-order valence-electron chi connectivity index (χ3n) is 5.51. The second kappa shape index (κ2) is 11.0. The van der Waals surface area contributed by atoms with Gasteiger partial charge in [0.05, 0.1) is 6.10 Å². The van der Waals surface area contributed by atoms with E-state index in [0.717, 1.165) is 5.56 Å². The van der Waals surface area contributed by atoms with Gasteiger partial charge >= 0.3 is 5.97 Å². The van der Waals surface area contributed by atoms with Crippen molar-refractivity contribution in [1.29, 1.82) is 0 Å². The summed E-state index contributed by atoms with van der Waals surface area (Å²) >= 11 is 1.38. The topological polar surface area (TPSA) is 94.2 Å². The first kappa shape index (κ1) is 24.8. The van der Waals surface area contributed by atoms with E-state index in [1.54, 1.807) is 31.2 Å². The summed E-state index contributed by atoms with van der Waals surface area (Å²) in [5, 5.41) is 2.24. The maximum atomic E-state index is 13.1. The van der Waals surface area contributed by atoms with Crippen molar-refractivity contribution >= 4 is 29.5 Å². The molecule has 0 saturated carbocycles.